The SMILES string of the molecule is Cc1cccc(CSc2ncnc3c2c(-c2ccccc2)cn3-c2ccc(F)cc2)c1. The van der Waals surface area contributed by atoms with Crippen molar-refractivity contribution in [2.24, 2.45) is 0 Å². The Hall–Kier alpha value is -3.44. The van der Waals surface area contributed by atoms with Crippen LogP contribution in [0.3, 0.4) is 0 Å². The van der Waals surface area contributed by atoms with E-state index in [1.54, 1.807) is 30.2 Å². The van der Waals surface area contributed by atoms with Gasteiger partial charge in [-0.25, -0.2) is 14.4 Å². The number of hydrogen-bond acceptors (Lipinski definition) is 3. The molecular weight excluding hydrogens is 405 g/mol. The smallest absolute Gasteiger partial charge is 0.149 e. The van der Waals surface area contributed by atoms with Gasteiger partial charge in [0.15, 0.2) is 0 Å². The number of rotatable bonds is 5. The van der Waals surface area contributed by atoms with E-state index in [0.29, 0.717) is 0 Å². The van der Waals surface area contributed by atoms with Crippen molar-refractivity contribution < 1.29 is 4.39 Å². The van der Waals surface area contributed by atoms with Gasteiger partial charge < -0.3 is 4.57 Å². The van der Waals surface area contributed by atoms with E-state index in [-0.39, 0.29) is 5.82 Å². The molecule has 0 aliphatic carbocycles. The van der Waals surface area contributed by atoms with Gasteiger partial charge in [0.2, 0.25) is 0 Å². The molecule has 0 fully saturated rings. The molecule has 0 bridgehead atoms. The fourth-order valence-corrected chi connectivity index (χ4v) is 4.68. The quantitative estimate of drug-likeness (QED) is 0.228. The third-order valence-electron chi connectivity index (χ3n) is 5.20. The first-order chi connectivity index (χ1) is 15.2. The minimum atomic E-state index is -0.257. The fraction of sp³-hybridized carbons (Fsp3) is 0.0769. The Balaban J connectivity index is 1.65. The molecule has 3 nitrogen and oxygen atoms in total. The third kappa shape index (κ3) is 3.97. The molecule has 5 rings (SSSR count). The van der Waals surface area contributed by atoms with Crippen molar-refractivity contribution in [3.63, 3.8) is 0 Å². The summed E-state index contributed by atoms with van der Waals surface area (Å²) in [5, 5.41) is 1.95. The number of aryl methyl sites for hydroxylation is 1. The monoisotopic (exact) mass is 425 g/mol. The average molecular weight is 426 g/mol. The second kappa shape index (κ2) is 8.36. The van der Waals surface area contributed by atoms with Crippen LogP contribution in [-0.2, 0) is 5.75 Å². The molecule has 0 atom stereocenters. The predicted molar refractivity (Wildman–Crippen MR) is 125 cm³/mol. The van der Waals surface area contributed by atoms with Crippen molar-refractivity contribution in [3.05, 3.63) is 108 Å². The molecule has 0 saturated carbocycles. The normalized spacial score (nSPS) is 11.2. The second-order valence-electron chi connectivity index (χ2n) is 7.41. The van der Waals surface area contributed by atoms with E-state index >= 15 is 0 Å². The Labute approximate surface area is 184 Å². The Morgan fingerprint density at radius 1 is 0.903 bits per heavy atom. The highest BCUT2D eigenvalue weighted by Gasteiger charge is 2.17. The van der Waals surface area contributed by atoms with Crippen molar-refractivity contribution in [2.75, 3.05) is 0 Å². The summed E-state index contributed by atoms with van der Waals surface area (Å²) in [6.07, 6.45) is 3.67. The Morgan fingerprint density at radius 3 is 2.48 bits per heavy atom. The number of aromatic nitrogens is 3. The van der Waals surface area contributed by atoms with Crippen molar-refractivity contribution in [1.82, 2.24) is 14.5 Å². The summed E-state index contributed by atoms with van der Waals surface area (Å²) in [6, 6.07) is 25.2. The van der Waals surface area contributed by atoms with Gasteiger partial charge >= 0.3 is 0 Å². The van der Waals surface area contributed by atoms with Gasteiger partial charge in [0.05, 0.1) is 5.39 Å². The summed E-state index contributed by atoms with van der Waals surface area (Å²) >= 11 is 1.71. The molecule has 0 aliphatic rings. The lowest BCUT2D eigenvalue weighted by Crippen LogP contribution is -1.95. The first-order valence-electron chi connectivity index (χ1n) is 10.0. The largest absolute Gasteiger partial charge is 0.301 e. The highest BCUT2D eigenvalue weighted by Crippen LogP contribution is 2.37. The molecular formula is C26H20FN3S. The molecule has 2 heterocycles. The number of nitrogens with zero attached hydrogens (tertiary/aromatic N) is 3. The molecule has 2 aromatic heterocycles. The fourth-order valence-electron chi connectivity index (χ4n) is 3.73. The van der Waals surface area contributed by atoms with Crippen molar-refractivity contribution in [2.45, 2.75) is 17.7 Å². The number of hydrogen-bond donors (Lipinski definition) is 0. The molecule has 0 saturated heterocycles. The van der Waals surface area contributed by atoms with Crippen LogP contribution in [0.15, 0.2) is 96.4 Å². The van der Waals surface area contributed by atoms with E-state index in [9.17, 15) is 4.39 Å². The Kier molecular flexibility index (Phi) is 5.26. The van der Waals surface area contributed by atoms with Crippen LogP contribution >= 0.6 is 11.8 Å². The summed E-state index contributed by atoms with van der Waals surface area (Å²) in [6.45, 7) is 2.10. The van der Waals surface area contributed by atoms with Gasteiger partial charge in [-0.2, -0.15) is 0 Å². The van der Waals surface area contributed by atoms with E-state index in [2.05, 4.69) is 59.5 Å². The van der Waals surface area contributed by atoms with Crippen LogP contribution in [0.2, 0.25) is 0 Å². The van der Waals surface area contributed by atoms with Crippen molar-refractivity contribution in [1.29, 1.82) is 0 Å². The zero-order chi connectivity index (χ0) is 21.2. The van der Waals surface area contributed by atoms with Crippen LogP contribution in [0.4, 0.5) is 4.39 Å². The first kappa shape index (κ1) is 19.5. The summed E-state index contributed by atoms with van der Waals surface area (Å²) in [4.78, 5) is 9.23. The molecule has 5 aromatic rings. The summed E-state index contributed by atoms with van der Waals surface area (Å²) < 4.78 is 15.5. The van der Waals surface area contributed by atoms with Gasteiger partial charge in [-0.1, -0.05) is 60.2 Å². The highest BCUT2D eigenvalue weighted by molar-refractivity contribution is 7.98. The average Bonchev–Trinajstić information content (AvgIpc) is 3.19. The van der Waals surface area contributed by atoms with Gasteiger partial charge in [0, 0.05) is 23.2 Å². The van der Waals surface area contributed by atoms with Gasteiger partial charge in [-0.3, -0.25) is 0 Å². The van der Waals surface area contributed by atoms with Crippen LogP contribution in [0.5, 0.6) is 0 Å². The summed E-state index contributed by atoms with van der Waals surface area (Å²) in [5.74, 6) is 0.566. The van der Waals surface area contributed by atoms with Crippen LogP contribution < -0.4 is 0 Å². The van der Waals surface area contributed by atoms with Crippen molar-refractivity contribution in [3.8, 4) is 16.8 Å². The van der Waals surface area contributed by atoms with Gasteiger partial charge in [0.25, 0.3) is 0 Å². The van der Waals surface area contributed by atoms with E-state index in [1.807, 2.05) is 22.8 Å². The number of fused-ring (bicyclic) bond motifs is 1. The molecule has 31 heavy (non-hydrogen) atoms. The molecule has 0 radical (unpaired) electrons. The zero-order valence-electron chi connectivity index (χ0n) is 17.0. The lowest BCUT2D eigenvalue weighted by molar-refractivity contribution is 0.627. The molecule has 0 unspecified atom stereocenters. The van der Waals surface area contributed by atoms with Gasteiger partial charge in [-0.05, 0) is 42.3 Å². The van der Waals surface area contributed by atoms with Gasteiger partial charge in [0.1, 0.15) is 22.8 Å². The summed E-state index contributed by atoms with van der Waals surface area (Å²) in [7, 11) is 0. The number of benzene rings is 3. The lowest BCUT2D eigenvalue weighted by Gasteiger charge is -2.07. The Bertz CT molecular complexity index is 1340. The van der Waals surface area contributed by atoms with E-state index < -0.39 is 0 Å². The second-order valence-corrected chi connectivity index (χ2v) is 8.37. The molecule has 0 amide bonds. The lowest BCUT2D eigenvalue weighted by atomic mass is 10.1. The first-order valence-corrected chi connectivity index (χ1v) is 11.0. The van der Waals surface area contributed by atoms with E-state index in [1.165, 1.54) is 23.3 Å². The molecule has 152 valence electrons. The van der Waals surface area contributed by atoms with E-state index in [0.717, 1.165) is 38.6 Å². The number of thioether (sulfide) groups is 1. The van der Waals surface area contributed by atoms with Gasteiger partial charge in [-0.15, -0.1) is 11.8 Å². The predicted octanol–water partition coefficient (Wildman–Crippen LogP) is 6.83. The van der Waals surface area contributed by atoms with Crippen LogP contribution in [0, 0.1) is 12.7 Å². The molecule has 0 spiro atoms. The standard InChI is InChI=1S/C26H20FN3S/c1-18-6-5-7-19(14-18)16-31-26-24-23(20-8-3-2-4-9-20)15-30(25(24)28-17-29-26)22-12-10-21(27)11-13-22/h2-15,17H,16H2,1H3. The zero-order valence-corrected chi connectivity index (χ0v) is 17.8. The van der Waals surface area contributed by atoms with Crippen LogP contribution in [0.1, 0.15) is 11.1 Å². The minimum Gasteiger partial charge on any atom is -0.301 e. The van der Waals surface area contributed by atoms with Crippen LogP contribution in [-0.4, -0.2) is 14.5 Å². The maximum atomic E-state index is 13.5. The number of halogens is 1. The summed E-state index contributed by atoms with van der Waals surface area (Å²) in [5.41, 5.74) is 6.34. The maximum absolute atomic E-state index is 13.5. The molecule has 0 N–H and O–H groups in total. The third-order valence-corrected chi connectivity index (χ3v) is 6.26. The van der Waals surface area contributed by atoms with Crippen molar-refractivity contribution >= 4 is 22.8 Å². The molecule has 0 aliphatic heterocycles. The highest BCUT2D eigenvalue weighted by atomic mass is 32.2. The molecule has 3 aromatic carbocycles. The molecule has 5 heteroatoms. The topological polar surface area (TPSA) is 30.7 Å². The van der Waals surface area contributed by atoms with E-state index in [4.69, 9.17) is 0 Å². The minimum absolute atomic E-state index is 0.257. The van der Waals surface area contributed by atoms with Crippen LogP contribution in [0.25, 0.3) is 27.8 Å². The Morgan fingerprint density at radius 2 is 1.71 bits per heavy atom. The maximum Gasteiger partial charge on any atom is 0.149 e.